The Morgan fingerprint density at radius 3 is 2.80 bits per heavy atom. The molecule has 0 aromatic heterocycles. The smallest absolute Gasteiger partial charge is 0.251 e. The van der Waals surface area contributed by atoms with Crippen LogP contribution in [0, 0.1) is 0 Å². The van der Waals surface area contributed by atoms with Gasteiger partial charge >= 0.3 is 0 Å². The molecular weight excluding hydrogens is 192 g/mol. The lowest BCUT2D eigenvalue weighted by Crippen LogP contribution is -2.31. The van der Waals surface area contributed by atoms with Crippen molar-refractivity contribution in [2.75, 3.05) is 27.2 Å². The predicted molar refractivity (Wildman–Crippen MR) is 59.0 cm³/mol. The van der Waals surface area contributed by atoms with E-state index in [1.165, 1.54) is 12.1 Å². The molecule has 0 saturated carbocycles. The molecule has 0 fully saturated rings. The summed E-state index contributed by atoms with van der Waals surface area (Å²) in [6.07, 6.45) is 0. The second kappa shape index (κ2) is 5.36. The van der Waals surface area contributed by atoms with Crippen molar-refractivity contribution in [2.45, 2.75) is 0 Å². The molecule has 1 aromatic rings. The third-order valence-corrected chi connectivity index (χ3v) is 1.95. The quantitative estimate of drug-likeness (QED) is 0.765. The number of nitrogens with zero attached hydrogens (tertiary/aromatic N) is 1. The lowest BCUT2D eigenvalue weighted by Gasteiger charge is -2.10. The van der Waals surface area contributed by atoms with E-state index < -0.39 is 0 Å². The highest BCUT2D eigenvalue weighted by Gasteiger charge is 2.04. The minimum absolute atomic E-state index is 0.107. The molecule has 0 radical (unpaired) electrons. The van der Waals surface area contributed by atoms with Crippen molar-refractivity contribution in [1.29, 1.82) is 0 Å². The maximum Gasteiger partial charge on any atom is 0.251 e. The highest BCUT2D eigenvalue weighted by molar-refractivity contribution is 5.94. The molecule has 82 valence electrons. The standard InChI is InChI=1S/C11H16N2O2/c1-13(2)7-6-12-11(15)9-4-3-5-10(14)8-9/h3-5,8,14H,6-7H2,1-2H3,(H,12,15). The Morgan fingerprint density at radius 1 is 1.47 bits per heavy atom. The van der Waals surface area contributed by atoms with Gasteiger partial charge in [0, 0.05) is 18.7 Å². The molecule has 0 spiro atoms. The Balaban J connectivity index is 2.47. The number of phenolic OH excluding ortho intramolecular Hbond substituents is 1. The van der Waals surface area contributed by atoms with Gasteiger partial charge in [-0.25, -0.2) is 0 Å². The maximum absolute atomic E-state index is 11.5. The SMILES string of the molecule is CN(C)CCNC(=O)c1cccc(O)c1. The molecule has 0 aliphatic heterocycles. The first-order chi connectivity index (χ1) is 7.09. The summed E-state index contributed by atoms with van der Waals surface area (Å²) in [5, 5.41) is 12.0. The highest BCUT2D eigenvalue weighted by Crippen LogP contribution is 2.10. The van der Waals surface area contributed by atoms with Gasteiger partial charge < -0.3 is 15.3 Å². The van der Waals surface area contributed by atoms with E-state index >= 15 is 0 Å². The van der Waals surface area contributed by atoms with E-state index in [0.717, 1.165) is 6.54 Å². The average Bonchev–Trinajstić information content (AvgIpc) is 2.17. The molecule has 0 heterocycles. The number of benzene rings is 1. The van der Waals surface area contributed by atoms with Crippen LogP contribution in [0.2, 0.25) is 0 Å². The van der Waals surface area contributed by atoms with Crippen LogP contribution in [-0.4, -0.2) is 43.1 Å². The molecular formula is C11H16N2O2. The van der Waals surface area contributed by atoms with Crippen molar-refractivity contribution < 1.29 is 9.90 Å². The Labute approximate surface area is 89.5 Å². The van der Waals surface area contributed by atoms with Gasteiger partial charge in [-0.3, -0.25) is 4.79 Å². The summed E-state index contributed by atoms with van der Waals surface area (Å²) in [7, 11) is 3.89. The summed E-state index contributed by atoms with van der Waals surface area (Å²) in [4.78, 5) is 13.5. The normalized spacial score (nSPS) is 10.3. The van der Waals surface area contributed by atoms with E-state index in [0.29, 0.717) is 12.1 Å². The van der Waals surface area contributed by atoms with Crippen LogP contribution < -0.4 is 5.32 Å². The summed E-state index contributed by atoms with van der Waals surface area (Å²) in [5.74, 6) is -0.0528. The van der Waals surface area contributed by atoms with Gasteiger partial charge in [0.15, 0.2) is 0 Å². The van der Waals surface area contributed by atoms with E-state index in [1.807, 2.05) is 19.0 Å². The first-order valence-corrected chi connectivity index (χ1v) is 4.81. The van der Waals surface area contributed by atoms with Gasteiger partial charge in [-0.15, -0.1) is 0 Å². The van der Waals surface area contributed by atoms with E-state index in [4.69, 9.17) is 0 Å². The highest BCUT2D eigenvalue weighted by atomic mass is 16.3. The molecule has 15 heavy (non-hydrogen) atoms. The number of likely N-dealkylation sites (N-methyl/N-ethyl adjacent to an activating group) is 1. The molecule has 0 saturated heterocycles. The zero-order chi connectivity index (χ0) is 11.3. The third-order valence-electron chi connectivity index (χ3n) is 1.95. The number of phenols is 1. The van der Waals surface area contributed by atoms with Gasteiger partial charge in [-0.05, 0) is 32.3 Å². The van der Waals surface area contributed by atoms with Gasteiger partial charge in [0.25, 0.3) is 5.91 Å². The lowest BCUT2D eigenvalue weighted by atomic mass is 10.2. The minimum Gasteiger partial charge on any atom is -0.508 e. The van der Waals surface area contributed by atoms with Crippen molar-refractivity contribution >= 4 is 5.91 Å². The fourth-order valence-electron chi connectivity index (χ4n) is 1.14. The molecule has 0 aliphatic carbocycles. The number of hydrogen-bond acceptors (Lipinski definition) is 3. The van der Waals surface area contributed by atoms with E-state index in [-0.39, 0.29) is 11.7 Å². The Bertz CT molecular complexity index is 337. The van der Waals surface area contributed by atoms with Gasteiger partial charge in [-0.1, -0.05) is 6.07 Å². The van der Waals surface area contributed by atoms with Crippen molar-refractivity contribution in [1.82, 2.24) is 10.2 Å². The van der Waals surface area contributed by atoms with Gasteiger partial charge in [0.2, 0.25) is 0 Å². The van der Waals surface area contributed by atoms with Crippen molar-refractivity contribution in [2.24, 2.45) is 0 Å². The first kappa shape index (κ1) is 11.5. The van der Waals surface area contributed by atoms with E-state index in [2.05, 4.69) is 5.32 Å². The number of hydrogen-bond donors (Lipinski definition) is 2. The maximum atomic E-state index is 11.5. The first-order valence-electron chi connectivity index (χ1n) is 4.81. The van der Waals surface area contributed by atoms with Crippen LogP contribution in [0.3, 0.4) is 0 Å². The zero-order valence-corrected chi connectivity index (χ0v) is 9.03. The minimum atomic E-state index is -0.159. The van der Waals surface area contributed by atoms with Gasteiger partial charge in [0.05, 0.1) is 0 Å². The number of nitrogens with one attached hydrogen (secondary N) is 1. The Kier molecular flexibility index (Phi) is 4.12. The molecule has 0 aliphatic rings. The van der Waals surface area contributed by atoms with Crippen LogP contribution in [-0.2, 0) is 0 Å². The number of amides is 1. The number of aromatic hydroxyl groups is 1. The lowest BCUT2D eigenvalue weighted by molar-refractivity contribution is 0.0950. The van der Waals surface area contributed by atoms with Crippen LogP contribution in [0.15, 0.2) is 24.3 Å². The summed E-state index contributed by atoms with van der Waals surface area (Å²) < 4.78 is 0. The molecule has 4 heteroatoms. The molecule has 0 unspecified atom stereocenters. The predicted octanol–water partition coefficient (Wildman–Crippen LogP) is 0.684. The summed E-state index contributed by atoms with van der Waals surface area (Å²) in [6, 6.07) is 6.31. The van der Waals surface area contributed by atoms with Crippen LogP contribution in [0.5, 0.6) is 5.75 Å². The molecule has 1 rings (SSSR count). The molecule has 1 aromatic carbocycles. The van der Waals surface area contributed by atoms with Gasteiger partial charge in [0.1, 0.15) is 5.75 Å². The third kappa shape index (κ3) is 3.99. The van der Waals surface area contributed by atoms with E-state index in [1.54, 1.807) is 12.1 Å². The number of rotatable bonds is 4. The molecule has 0 bridgehead atoms. The molecule has 4 nitrogen and oxygen atoms in total. The molecule has 0 atom stereocenters. The fourth-order valence-corrected chi connectivity index (χ4v) is 1.14. The van der Waals surface area contributed by atoms with Crippen LogP contribution in [0.1, 0.15) is 10.4 Å². The van der Waals surface area contributed by atoms with Crippen LogP contribution in [0.4, 0.5) is 0 Å². The summed E-state index contributed by atoms with van der Waals surface area (Å²) in [5.41, 5.74) is 0.480. The number of carbonyl (C=O) groups is 1. The largest absolute Gasteiger partial charge is 0.508 e. The average molecular weight is 208 g/mol. The Morgan fingerprint density at radius 2 is 2.20 bits per heavy atom. The zero-order valence-electron chi connectivity index (χ0n) is 9.03. The monoisotopic (exact) mass is 208 g/mol. The van der Waals surface area contributed by atoms with Crippen molar-refractivity contribution in [3.05, 3.63) is 29.8 Å². The van der Waals surface area contributed by atoms with Crippen molar-refractivity contribution in [3.63, 3.8) is 0 Å². The van der Waals surface area contributed by atoms with Crippen molar-refractivity contribution in [3.8, 4) is 5.75 Å². The number of carbonyl (C=O) groups excluding carboxylic acids is 1. The van der Waals surface area contributed by atoms with Gasteiger partial charge in [-0.2, -0.15) is 0 Å². The van der Waals surface area contributed by atoms with Crippen LogP contribution >= 0.6 is 0 Å². The topological polar surface area (TPSA) is 52.6 Å². The Hall–Kier alpha value is -1.55. The second-order valence-corrected chi connectivity index (χ2v) is 3.61. The second-order valence-electron chi connectivity index (χ2n) is 3.61. The summed E-state index contributed by atoms with van der Waals surface area (Å²) >= 11 is 0. The molecule has 2 N–H and O–H groups in total. The van der Waals surface area contributed by atoms with Crippen LogP contribution in [0.25, 0.3) is 0 Å². The van der Waals surface area contributed by atoms with E-state index in [9.17, 15) is 9.90 Å². The fraction of sp³-hybridized carbons (Fsp3) is 0.364. The summed E-state index contributed by atoms with van der Waals surface area (Å²) in [6.45, 7) is 1.39. The molecule has 1 amide bonds.